The van der Waals surface area contributed by atoms with Crippen LogP contribution in [0.3, 0.4) is 0 Å². The van der Waals surface area contributed by atoms with Crippen molar-refractivity contribution in [3.63, 3.8) is 0 Å². The van der Waals surface area contributed by atoms with E-state index in [-0.39, 0.29) is 12.3 Å². The first kappa shape index (κ1) is 27.2. The van der Waals surface area contributed by atoms with Crippen LogP contribution in [0.5, 0.6) is 0 Å². The fourth-order valence-corrected chi connectivity index (χ4v) is 3.90. The Hall–Kier alpha value is -3.05. The molecule has 0 bridgehead atoms. The second-order valence-electron chi connectivity index (χ2n) is 8.36. The van der Waals surface area contributed by atoms with Gasteiger partial charge in [-0.15, -0.1) is 0 Å². The molecule has 0 radical (unpaired) electrons. The summed E-state index contributed by atoms with van der Waals surface area (Å²) in [6.07, 6.45) is 4.33. The number of hydrogen-bond acceptors (Lipinski definition) is 6. The number of H-pyrrole nitrogens is 1. The van der Waals surface area contributed by atoms with Gasteiger partial charge < -0.3 is 31.8 Å². The van der Waals surface area contributed by atoms with Crippen LogP contribution in [-0.2, 0) is 25.6 Å². The topological polar surface area (TPSA) is 166 Å². The van der Waals surface area contributed by atoms with E-state index in [1.54, 1.807) is 31.8 Å². The third kappa shape index (κ3) is 7.77. The molecule has 0 fully saturated rings. The molecule has 10 nitrogen and oxygen atoms in total. The molecule has 34 heavy (non-hydrogen) atoms. The van der Waals surface area contributed by atoms with E-state index in [4.69, 9.17) is 5.73 Å². The molecule has 1 aromatic carbocycles. The molecule has 0 aliphatic heterocycles. The summed E-state index contributed by atoms with van der Waals surface area (Å²) >= 11 is 1.57. The maximum Gasteiger partial charge on any atom is 0.326 e. The Labute approximate surface area is 202 Å². The Kier molecular flexibility index (Phi) is 10.4. The fraction of sp³-hybridized carbons (Fsp3) is 0.478. The van der Waals surface area contributed by atoms with Crippen molar-refractivity contribution in [2.45, 2.75) is 44.8 Å². The highest BCUT2D eigenvalue weighted by molar-refractivity contribution is 7.98. The summed E-state index contributed by atoms with van der Waals surface area (Å²) in [5, 5.41) is 17.8. The minimum absolute atomic E-state index is 0.183. The van der Waals surface area contributed by atoms with Crippen molar-refractivity contribution >= 4 is 46.4 Å². The van der Waals surface area contributed by atoms with Gasteiger partial charge in [0.1, 0.15) is 12.1 Å². The summed E-state index contributed by atoms with van der Waals surface area (Å²) in [4.78, 5) is 52.2. The maximum absolute atomic E-state index is 13.0. The number of aromatic amines is 1. The molecule has 186 valence electrons. The molecule has 7 N–H and O–H groups in total. The van der Waals surface area contributed by atoms with E-state index in [0.717, 1.165) is 16.5 Å². The monoisotopic (exact) mass is 491 g/mol. The Morgan fingerprint density at radius 2 is 1.82 bits per heavy atom. The molecular weight excluding hydrogens is 458 g/mol. The fourth-order valence-electron chi connectivity index (χ4n) is 3.41. The Balaban J connectivity index is 2.11. The van der Waals surface area contributed by atoms with Crippen molar-refractivity contribution in [2.24, 2.45) is 11.7 Å². The van der Waals surface area contributed by atoms with E-state index < -0.39 is 48.4 Å². The van der Waals surface area contributed by atoms with E-state index >= 15 is 0 Å². The zero-order valence-electron chi connectivity index (χ0n) is 19.6. The number of carbonyl (C=O) groups excluding carboxylic acids is 3. The number of aliphatic carboxylic acids is 1. The summed E-state index contributed by atoms with van der Waals surface area (Å²) in [6.45, 7) is 2.92. The van der Waals surface area contributed by atoms with Gasteiger partial charge in [0.05, 0.1) is 12.6 Å². The number of hydrogen-bond donors (Lipinski definition) is 6. The van der Waals surface area contributed by atoms with Crippen molar-refractivity contribution in [2.75, 3.05) is 18.6 Å². The van der Waals surface area contributed by atoms with Crippen molar-refractivity contribution < 1.29 is 24.3 Å². The quantitative estimate of drug-likeness (QED) is 0.239. The lowest BCUT2D eigenvalue weighted by atomic mass is 10.0. The highest BCUT2D eigenvalue weighted by Crippen LogP contribution is 2.19. The summed E-state index contributed by atoms with van der Waals surface area (Å²) in [7, 11) is 0. The van der Waals surface area contributed by atoms with Crippen LogP contribution in [-0.4, -0.2) is 70.5 Å². The van der Waals surface area contributed by atoms with E-state index in [2.05, 4.69) is 20.9 Å². The number of amides is 3. The maximum atomic E-state index is 13.0. The molecule has 1 heterocycles. The number of carbonyl (C=O) groups is 4. The molecule has 3 unspecified atom stereocenters. The van der Waals surface area contributed by atoms with E-state index in [0.29, 0.717) is 12.2 Å². The highest BCUT2D eigenvalue weighted by atomic mass is 32.2. The van der Waals surface area contributed by atoms with Gasteiger partial charge in [-0.1, -0.05) is 32.0 Å². The van der Waals surface area contributed by atoms with Crippen molar-refractivity contribution in [3.8, 4) is 0 Å². The number of nitrogens with one attached hydrogen (secondary N) is 4. The number of carboxylic acids is 1. The summed E-state index contributed by atoms with van der Waals surface area (Å²) in [5.41, 5.74) is 7.69. The molecule has 3 atom stereocenters. The SMILES string of the molecule is CSCCC(N)C(=O)NC(Cc1c[nH]c2ccccc12)C(=O)NCC(=O)NC(C(=O)O)C(C)C. The molecule has 0 saturated carbocycles. The van der Waals surface area contributed by atoms with Crippen LogP contribution in [0.1, 0.15) is 25.8 Å². The normalized spacial score (nSPS) is 13.8. The lowest BCUT2D eigenvalue weighted by Gasteiger charge is -2.21. The number of carboxylic acid groups (broad SMARTS) is 1. The van der Waals surface area contributed by atoms with Crippen molar-refractivity contribution in [1.82, 2.24) is 20.9 Å². The van der Waals surface area contributed by atoms with Crippen LogP contribution in [0.2, 0.25) is 0 Å². The number of rotatable bonds is 13. The second kappa shape index (κ2) is 13.0. The minimum atomic E-state index is -1.15. The van der Waals surface area contributed by atoms with Crippen LogP contribution in [0.25, 0.3) is 10.9 Å². The van der Waals surface area contributed by atoms with E-state index in [1.807, 2.05) is 30.5 Å². The minimum Gasteiger partial charge on any atom is -0.480 e. The molecule has 3 amide bonds. The zero-order valence-corrected chi connectivity index (χ0v) is 20.4. The third-order valence-corrected chi connectivity index (χ3v) is 6.02. The lowest BCUT2D eigenvalue weighted by Crippen LogP contribution is -2.54. The predicted molar refractivity (Wildman–Crippen MR) is 132 cm³/mol. The van der Waals surface area contributed by atoms with Gasteiger partial charge in [-0.3, -0.25) is 14.4 Å². The molecule has 0 saturated heterocycles. The Morgan fingerprint density at radius 1 is 1.12 bits per heavy atom. The van der Waals surface area contributed by atoms with Crippen LogP contribution in [0.4, 0.5) is 0 Å². The molecular formula is C23H33N5O5S. The number of nitrogens with two attached hydrogens (primary N) is 1. The number of benzene rings is 1. The predicted octanol–water partition coefficient (Wildman–Crippen LogP) is 0.617. The van der Waals surface area contributed by atoms with Crippen molar-refractivity contribution in [1.29, 1.82) is 0 Å². The van der Waals surface area contributed by atoms with Gasteiger partial charge in [-0.05, 0) is 36.0 Å². The van der Waals surface area contributed by atoms with Crippen LogP contribution in [0, 0.1) is 5.92 Å². The summed E-state index contributed by atoms with van der Waals surface area (Å²) in [6, 6.07) is 4.77. The first-order valence-electron chi connectivity index (χ1n) is 11.0. The Morgan fingerprint density at radius 3 is 2.47 bits per heavy atom. The first-order chi connectivity index (χ1) is 16.1. The first-order valence-corrected chi connectivity index (χ1v) is 12.4. The standard InChI is InChI=1S/C23H33N5O5S/c1-13(2)20(23(32)33)28-19(29)12-26-22(31)18(27-21(30)16(24)8-9-34-3)10-14-11-25-17-7-5-4-6-15(14)17/h4-7,11,13,16,18,20,25H,8-10,12,24H2,1-3H3,(H,26,31)(H,27,30)(H,28,29)(H,32,33). The smallest absolute Gasteiger partial charge is 0.326 e. The van der Waals surface area contributed by atoms with E-state index in [1.165, 1.54) is 0 Å². The van der Waals surface area contributed by atoms with E-state index in [9.17, 15) is 24.3 Å². The van der Waals surface area contributed by atoms with Gasteiger partial charge in [-0.25, -0.2) is 4.79 Å². The Bertz CT molecular complexity index is 1010. The van der Waals surface area contributed by atoms with Gasteiger partial charge >= 0.3 is 5.97 Å². The molecule has 0 aliphatic carbocycles. The molecule has 2 aromatic rings. The molecule has 1 aromatic heterocycles. The van der Waals surface area contributed by atoms with Gasteiger partial charge in [0.15, 0.2) is 0 Å². The largest absolute Gasteiger partial charge is 0.480 e. The van der Waals surface area contributed by atoms with Gasteiger partial charge in [-0.2, -0.15) is 11.8 Å². The van der Waals surface area contributed by atoms with Gasteiger partial charge in [0, 0.05) is 23.5 Å². The average Bonchev–Trinajstić information content (AvgIpc) is 3.21. The molecule has 2 rings (SSSR count). The van der Waals surface area contributed by atoms with Gasteiger partial charge in [0.2, 0.25) is 17.7 Å². The highest BCUT2D eigenvalue weighted by Gasteiger charge is 2.27. The number of aromatic nitrogens is 1. The number of fused-ring (bicyclic) bond motifs is 1. The van der Waals surface area contributed by atoms with Crippen LogP contribution >= 0.6 is 11.8 Å². The average molecular weight is 492 g/mol. The molecule has 11 heteroatoms. The van der Waals surface area contributed by atoms with Crippen molar-refractivity contribution in [3.05, 3.63) is 36.0 Å². The number of para-hydroxylation sites is 1. The zero-order chi connectivity index (χ0) is 25.3. The third-order valence-electron chi connectivity index (χ3n) is 5.37. The molecule has 0 aliphatic rings. The van der Waals surface area contributed by atoms with Crippen LogP contribution < -0.4 is 21.7 Å². The lowest BCUT2D eigenvalue weighted by molar-refractivity contribution is -0.143. The summed E-state index contributed by atoms with van der Waals surface area (Å²) in [5.74, 6) is -2.43. The van der Waals surface area contributed by atoms with Crippen LogP contribution in [0.15, 0.2) is 30.5 Å². The summed E-state index contributed by atoms with van der Waals surface area (Å²) < 4.78 is 0. The number of thioether (sulfide) groups is 1. The van der Waals surface area contributed by atoms with Gasteiger partial charge in [0.25, 0.3) is 0 Å². The second-order valence-corrected chi connectivity index (χ2v) is 9.34. The molecule has 0 spiro atoms.